The molecular formula is C18H27ClN2. The van der Waals surface area contributed by atoms with Gasteiger partial charge < -0.3 is 10.2 Å². The quantitative estimate of drug-likeness (QED) is 0.825. The number of anilines is 1. The molecule has 1 aromatic carbocycles. The average Bonchev–Trinajstić information content (AvgIpc) is 3.31. The summed E-state index contributed by atoms with van der Waals surface area (Å²) in [4.78, 5) is 2.50. The number of nitrogens with zero attached hydrogens (tertiary/aromatic N) is 1. The lowest BCUT2D eigenvalue weighted by Gasteiger charge is -2.33. The second kappa shape index (κ2) is 7.02. The fraction of sp³-hybridized carbons (Fsp3) is 0.667. The first-order valence-electron chi connectivity index (χ1n) is 8.53. The summed E-state index contributed by atoms with van der Waals surface area (Å²) >= 11 is 6.46. The van der Waals surface area contributed by atoms with Crippen LogP contribution >= 0.6 is 11.6 Å². The van der Waals surface area contributed by atoms with Gasteiger partial charge in [0, 0.05) is 36.4 Å². The molecule has 1 saturated heterocycles. The molecule has 0 atom stereocenters. The highest BCUT2D eigenvalue weighted by Gasteiger charge is 2.21. The van der Waals surface area contributed by atoms with Crippen LogP contribution in [0.25, 0.3) is 0 Å². The molecule has 116 valence electrons. The number of hydrogen-bond acceptors (Lipinski definition) is 2. The summed E-state index contributed by atoms with van der Waals surface area (Å²) in [7, 11) is 0. The standard InChI is InChI=1S/C18H27ClN2/c1-2-3-14-8-10-21(11-9-14)17-7-4-15(18(19)12-17)13-20-16-5-6-16/h4,7,12,14,16,20H,2-3,5-6,8-11,13H2,1H3. The molecule has 0 radical (unpaired) electrons. The molecule has 3 heteroatoms. The second-order valence-electron chi connectivity index (χ2n) is 6.65. The van der Waals surface area contributed by atoms with E-state index in [2.05, 4.69) is 35.3 Å². The summed E-state index contributed by atoms with van der Waals surface area (Å²) in [6.45, 7) is 5.56. The Balaban J connectivity index is 1.57. The van der Waals surface area contributed by atoms with E-state index in [4.69, 9.17) is 11.6 Å². The van der Waals surface area contributed by atoms with Crippen molar-refractivity contribution in [3.05, 3.63) is 28.8 Å². The van der Waals surface area contributed by atoms with Gasteiger partial charge in [0.15, 0.2) is 0 Å². The first-order chi connectivity index (χ1) is 10.3. The zero-order chi connectivity index (χ0) is 14.7. The molecule has 0 amide bonds. The van der Waals surface area contributed by atoms with Gasteiger partial charge in [-0.2, -0.15) is 0 Å². The van der Waals surface area contributed by atoms with Crippen molar-refractivity contribution in [1.82, 2.24) is 5.32 Å². The fourth-order valence-electron chi connectivity index (χ4n) is 3.31. The Morgan fingerprint density at radius 2 is 1.95 bits per heavy atom. The molecule has 1 aromatic rings. The molecule has 1 aliphatic carbocycles. The van der Waals surface area contributed by atoms with Gasteiger partial charge in [-0.15, -0.1) is 0 Å². The van der Waals surface area contributed by atoms with Crippen LogP contribution in [0.5, 0.6) is 0 Å². The van der Waals surface area contributed by atoms with E-state index in [1.807, 2.05) is 0 Å². The summed E-state index contributed by atoms with van der Waals surface area (Å²) in [5, 5.41) is 4.45. The summed E-state index contributed by atoms with van der Waals surface area (Å²) in [5.41, 5.74) is 2.53. The molecular weight excluding hydrogens is 280 g/mol. The third kappa shape index (κ3) is 4.14. The summed E-state index contributed by atoms with van der Waals surface area (Å²) in [6.07, 6.45) is 8.01. The van der Waals surface area contributed by atoms with E-state index in [-0.39, 0.29) is 0 Å². The van der Waals surface area contributed by atoms with Gasteiger partial charge in [0.25, 0.3) is 0 Å². The molecule has 1 heterocycles. The van der Waals surface area contributed by atoms with Gasteiger partial charge in [-0.1, -0.05) is 37.4 Å². The normalized spacial score (nSPS) is 20.0. The molecule has 0 unspecified atom stereocenters. The van der Waals surface area contributed by atoms with Crippen molar-refractivity contribution in [3.63, 3.8) is 0 Å². The van der Waals surface area contributed by atoms with Crippen LogP contribution in [0, 0.1) is 5.92 Å². The molecule has 2 nitrogen and oxygen atoms in total. The van der Waals surface area contributed by atoms with Crippen LogP contribution in [0.15, 0.2) is 18.2 Å². The molecule has 21 heavy (non-hydrogen) atoms. The highest BCUT2D eigenvalue weighted by molar-refractivity contribution is 6.31. The minimum absolute atomic E-state index is 0.735. The van der Waals surface area contributed by atoms with Crippen LogP contribution in [-0.4, -0.2) is 19.1 Å². The van der Waals surface area contributed by atoms with Crippen molar-refractivity contribution < 1.29 is 0 Å². The number of hydrogen-bond donors (Lipinski definition) is 1. The van der Waals surface area contributed by atoms with Crippen molar-refractivity contribution in [2.45, 2.75) is 58.0 Å². The van der Waals surface area contributed by atoms with Gasteiger partial charge in [-0.25, -0.2) is 0 Å². The van der Waals surface area contributed by atoms with Crippen LogP contribution < -0.4 is 10.2 Å². The van der Waals surface area contributed by atoms with Crippen molar-refractivity contribution in [3.8, 4) is 0 Å². The Bertz CT molecular complexity index is 462. The molecule has 1 N–H and O–H groups in total. The average molecular weight is 307 g/mol. The van der Waals surface area contributed by atoms with Crippen LogP contribution in [0.2, 0.25) is 5.02 Å². The van der Waals surface area contributed by atoms with Gasteiger partial charge in [0.05, 0.1) is 0 Å². The highest BCUT2D eigenvalue weighted by Crippen LogP contribution is 2.29. The lowest BCUT2D eigenvalue weighted by molar-refractivity contribution is 0.378. The van der Waals surface area contributed by atoms with Gasteiger partial charge in [0.1, 0.15) is 0 Å². The molecule has 2 aliphatic rings. The molecule has 1 aliphatic heterocycles. The van der Waals surface area contributed by atoms with E-state index in [1.165, 1.54) is 62.9 Å². The Labute approximate surface area is 133 Å². The van der Waals surface area contributed by atoms with Crippen molar-refractivity contribution in [2.75, 3.05) is 18.0 Å². The predicted octanol–water partition coefficient (Wildman–Crippen LogP) is 4.61. The van der Waals surface area contributed by atoms with E-state index < -0.39 is 0 Å². The third-order valence-electron chi connectivity index (χ3n) is 4.87. The van der Waals surface area contributed by atoms with E-state index >= 15 is 0 Å². The van der Waals surface area contributed by atoms with Crippen LogP contribution in [0.3, 0.4) is 0 Å². The smallest absolute Gasteiger partial charge is 0.0471 e. The number of halogens is 1. The zero-order valence-electron chi connectivity index (χ0n) is 13.1. The lowest BCUT2D eigenvalue weighted by Crippen LogP contribution is -2.33. The molecule has 3 rings (SSSR count). The molecule has 1 saturated carbocycles. The maximum absolute atomic E-state index is 6.46. The van der Waals surface area contributed by atoms with E-state index in [0.29, 0.717) is 0 Å². The minimum atomic E-state index is 0.735. The van der Waals surface area contributed by atoms with E-state index in [0.717, 1.165) is 23.5 Å². The Hall–Kier alpha value is -0.730. The maximum Gasteiger partial charge on any atom is 0.0471 e. The van der Waals surface area contributed by atoms with Crippen LogP contribution in [-0.2, 0) is 6.54 Å². The van der Waals surface area contributed by atoms with Crippen LogP contribution in [0.4, 0.5) is 5.69 Å². The molecule has 0 aromatic heterocycles. The minimum Gasteiger partial charge on any atom is -0.371 e. The zero-order valence-corrected chi connectivity index (χ0v) is 13.8. The first-order valence-corrected chi connectivity index (χ1v) is 8.91. The maximum atomic E-state index is 6.46. The van der Waals surface area contributed by atoms with Crippen molar-refractivity contribution >= 4 is 17.3 Å². The predicted molar refractivity (Wildman–Crippen MR) is 91.2 cm³/mol. The number of benzene rings is 1. The summed E-state index contributed by atoms with van der Waals surface area (Å²) in [6, 6.07) is 7.34. The number of rotatable bonds is 6. The van der Waals surface area contributed by atoms with Gasteiger partial charge in [0.2, 0.25) is 0 Å². The highest BCUT2D eigenvalue weighted by atomic mass is 35.5. The summed E-state index contributed by atoms with van der Waals surface area (Å²) < 4.78 is 0. The Morgan fingerprint density at radius 1 is 1.19 bits per heavy atom. The lowest BCUT2D eigenvalue weighted by atomic mass is 9.92. The third-order valence-corrected chi connectivity index (χ3v) is 5.22. The van der Waals surface area contributed by atoms with E-state index in [1.54, 1.807) is 0 Å². The number of nitrogens with one attached hydrogen (secondary N) is 1. The summed E-state index contributed by atoms with van der Waals surface area (Å²) in [5.74, 6) is 0.934. The Kier molecular flexibility index (Phi) is 5.07. The van der Waals surface area contributed by atoms with E-state index in [9.17, 15) is 0 Å². The number of piperidine rings is 1. The largest absolute Gasteiger partial charge is 0.371 e. The SMILES string of the molecule is CCCC1CCN(c2ccc(CNC3CC3)c(Cl)c2)CC1. The van der Waals surface area contributed by atoms with Crippen molar-refractivity contribution in [2.24, 2.45) is 5.92 Å². The molecule has 2 fully saturated rings. The van der Waals surface area contributed by atoms with Gasteiger partial charge in [-0.3, -0.25) is 0 Å². The topological polar surface area (TPSA) is 15.3 Å². The van der Waals surface area contributed by atoms with Crippen molar-refractivity contribution in [1.29, 1.82) is 0 Å². The Morgan fingerprint density at radius 3 is 2.57 bits per heavy atom. The molecule has 0 bridgehead atoms. The first kappa shape index (κ1) is 15.2. The molecule has 0 spiro atoms. The van der Waals surface area contributed by atoms with Gasteiger partial charge in [-0.05, 0) is 49.3 Å². The van der Waals surface area contributed by atoms with Gasteiger partial charge >= 0.3 is 0 Å². The monoisotopic (exact) mass is 306 g/mol. The fourth-order valence-corrected chi connectivity index (χ4v) is 3.55. The van der Waals surface area contributed by atoms with Crippen LogP contribution in [0.1, 0.15) is 51.0 Å². The second-order valence-corrected chi connectivity index (χ2v) is 7.06.